The Morgan fingerprint density at radius 2 is 2.04 bits per heavy atom. The third-order valence-corrected chi connectivity index (χ3v) is 3.92. The normalized spacial score (nSPS) is 10.6. The molecule has 0 unspecified atom stereocenters. The quantitative estimate of drug-likeness (QED) is 0.527. The lowest BCUT2D eigenvalue weighted by Gasteiger charge is -2.09. The fourth-order valence-corrected chi connectivity index (χ4v) is 2.62. The number of benzene rings is 2. The highest BCUT2D eigenvalue weighted by Crippen LogP contribution is 2.18. The summed E-state index contributed by atoms with van der Waals surface area (Å²) in [5.74, 6) is 0.314. The van der Waals surface area contributed by atoms with Crippen molar-refractivity contribution in [1.82, 2.24) is 20.2 Å². The maximum atomic E-state index is 12.2. The summed E-state index contributed by atoms with van der Waals surface area (Å²) in [5.41, 5.74) is 5.41. The van der Waals surface area contributed by atoms with Crippen molar-refractivity contribution in [2.75, 3.05) is 0 Å². The molecule has 2 N–H and O–H groups in total. The van der Waals surface area contributed by atoms with Crippen LogP contribution in [0.3, 0.4) is 0 Å². The van der Waals surface area contributed by atoms with E-state index in [1.165, 1.54) is 0 Å². The second-order valence-electron chi connectivity index (χ2n) is 5.61. The van der Waals surface area contributed by atoms with Gasteiger partial charge in [-0.25, -0.2) is 5.48 Å². The van der Waals surface area contributed by atoms with E-state index in [0.29, 0.717) is 17.2 Å². The lowest BCUT2D eigenvalue weighted by Crippen LogP contribution is -2.28. The number of carbonyl (C=O) groups excluding carboxylic acids is 1. The minimum absolute atomic E-state index is 0.0212. The van der Waals surface area contributed by atoms with Crippen LogP contribution in [0.25, 0.3) is 11.4 Å². The van der Waals surface area contributed by atoms with Crippen molar-refractivity contribution in [2.24, 2.45) is 0 Å². The van der Waals surface area contributed by atoms with Gasteiger partial charge in [-0.1, -0.05) is 54.1 Å². The Labute approximate surface area is 150 Å². The van der Waals surface area contributed by atoms with Gasteiger partial charge < -0.3 is 0 Å². The molecule has 0 spiro atoms. The molecule has 0 radical (unpaired) electrons. The van der Waals surface area contributed by atoms with E-state index >= 15 is 0 Å². The van der Waals surface area contributed by atoms with Gasteiger partial charge in [-0.15, -0.1) is 0 Å². The SMILES string of the molecule is Cc1cccc(-c2n[nH]c(=S)n2CC(=O)NOCc2ccccc2)c1. The molecule has 0 atom stereocenters. The van der Waals surface area contributed by atoms with E-state index < -0.39 is 0 Å². The molecule has 3 aromatic rings. The molecular formula is C18H18N4O2S. The Morgan fingerprint density at radius 1 is 1.24 bits per heavy atom. The number of amides is 1. The van der Waals surface area contributed by atoms with Gasteiger partial charge >= 0.3 is 0 Å². The van der Waals surface area contributed by atoms with E-state index in [-0.39, 0.29) is 12.5 Å². The Hall–Kier alpha value is -2.77. The van der Waals surface area contributed by atoms with Crippen LogP contribution in [0.4, 0.5) is 0 Å². The molecule has 0 saturated heterocycles. The van der Waals surface area contributed by atoms with Crippen LogP contribution >= 0.6 is 12.2 Å². The van der Waals surface area contributed by atoms with Crippen LogP contribution in [0.5, 0.6) is 0 Å². The summed E-state index contributed by atoms with van der Waals surface area (Å²) in [5, 5.41) is 6.97. The second kappa shape index (κ2) is 7.87. The number of carbonyl (C=O) groups is 1. The van der Waals surface area contributed by atoms with Crippen molar-refractivity contribution in [2.45, 2.75) is 20.1 Å². The van der Waals surface area contributed by atoms with Crippen LogP contribution in [0.2, 0.25) is 0 Å². The number of nitrogens with zero attached hydrogens (tertiary/aromatic N) is 2. The molecule has 0 fully saturated rings. The Kier molecular flexibility index (Phi) is 5.37. The predicted octanol–water partition coefficient (Wildman–Crippen LogP) is 3.16. The number of aryl methyl sites for hydroxylation is 1. The monoisotopic (exact) mass is 354 g/mol. The van der Waals surface area contributed by atoms with Gasteiger partial charge in [0.05, 0.1) is 6.61 Å². The summed E-state index contributed by atoms with van der Waals surface area (Å²) in [6.07, 6.45) is 0. The van der Waals surface area contributed by atoms with Gasteiger partial charge in [0.1, 0.15) is 6.54 Å². The Morgan fingerprint density at radius 3 is 2.80 bits per heavy atom. The number of rotatable bonds is 6. The van der Waals surface area contributed by atoms with Gasteiger partial charge in [0.25, 0.3) is 5.91 Å². The van der Waals surface area contributed by atoms with Gasteiger partial charge in [-0.05, 0) is 30.8 Å². The van der Waals surface area contributed by atoms with Crippen molar-refractivity contribution in [1.29, 1.82) is 0 Å². The first kappa shape index (κ1) is 17.1. The van der Waals surface area contributed by atoms with E-state index in [9.17, 15) is 4.79 Å². The maximum absolute atomic E-state index is 12.2. The number of H-pyrrole nitrogens is 1. The molecule has 128 valence electrons. The molecular weight excluding hydrogens is 336 g/mol. The van der Waals surface area contributed by atoms with Crippen LogP contribution < -0.4 is 5.48 Å². The first-order chi connectivity index (χ1) is 12.1. The van der Waals surface area contributed by atoms with Crippen molar-refractivity contribution in [3.8, 4) is 11.4 Å². The highest BCUT2D eigenvalue weighted by atomic mass is 32.1. The van der Waals surface area contributed by atoms with Crippen LogP contribution in [0.15, 0.2) is 54.6 Å². The van der Waals surface area contributed by atoms with E-state index in [0.717, 1.165) is 16.7 Å². The third kappa shape index (κ3) is 4.40. The zero-order chi connectivity index (χ0) is 17.6. The summed E-state index contributed by atoms with van der Waals surface area (Å²) in [7, 11) is 0. The molecule has 3 rings (SSSR count). The topological polar surface area (TPSA) is 71.9 Å². The van der Waals surface area contributed by atoms with E-state index in [2.05, 4.69) is 15.7 Å². The average molecular weight is 354 g/mol. The van der Waals surface area contributed by atoms with Gasteiger partial charge in [-0.3, -0.25) is 19.3 Å². The molecule has 1 aromatic heterocycles. The van der Waals surface area contributed by atoms with Crippen LogP contribution in [-0.2, 0) is 22.8 Å². The molecule has 1 amide bonds. The highest BCUT2D eigenvalue weighted by Gasteiger charge is 2.12. The lowest BCUT2D eigenvalue weighted by atomic mass is 10.1. The molecule has 0 aliphatic carbocycles. The van der Waals surface area contributed by atoms with Gasteiger partial charge in [0.2, 0.25) is 0 Å². The summed E-state index contributed by atoms with van der Waals surface area (Å²) in [6.45, 7) is 2.32. The Balaban J connectivity index is 1.65. The second-order valence-corrected chi connectivity index (χ2v) is 5.99. The van der Waals surface area contributed by atoms with Gasteiger partial charge in [0, 0.05) is 5.56 Å². The number of hydroxylamine groups is 1. The van der Waals surface area contributed by atoms with Crippen molar-refractivity contribution < 1.29 is 9.63 Å². The fraction of sp³-hybridized carbons (Fsp3) is 0.167. The van der Waals surface area contributed by atoms with Crippen molar-refractivity contribution in [3.05, 3.63) is 70.5 Å². The average Bonchev–Trinajstić information content (AvgIpc) is 2.96. The molecule has 0 aliphatic heterocycles. The fourth-order valence-electron chi connectivity index (χ4n) is 2.42. The predicted molar refractivity (Wildman–Crippen MR) is 97.0 cm³/mol. The lowest BCUT2D eigenvalue weighted by molar-refractivity contribution is -0.135. The number of hydrogen-bond donors (Lipinski definition) is 2. The number of aromatic nitrogens is 3. The molecule has 2 aromatic carbocycles. The number of hydrogen-bond acceptors (Lipinski definition) is 4. The summed E-state index contributed by atoms with van der Waals surface area (Å²) < 4.78 is 2.03. The standard InChI is InChI=1S/C18H18N4O2S/c1-13-6-5-9-15(10-13)17-19-20-18(25)22(17)11-16(23)21-24-12-14-7-3-2-4-8-14/h2-10H,11-12H2,1H3,(H,20,25)(H,21,23). The zero-order valence-corrected chi connectivity index (χ0v) is 14.5. The smallest absolute Gasteiger partial charge is 0.263 e. The highest BCUT2D eigenvalue weighted by molar-refractivity contribution is 7.71. The molecule has 0 bridgehead atoms. The van der Waals surface area contributed by atoms with Gasteiger partial charge in [0.15, 0.2) is 10.6 Å². The number of aromatic amines is 1. The van der Waals surface area contributed by atoms with Crippen LogP contribution in [-0.4, -0.2) is 20.7 Å². The third-order valence-electron chi connectivity index (χ3n) is 3.60. The zero-order valence-electron chi connectivity index (χ0n) is 13.7. The van der Waals surface area contributed by atoms with Crippen molar-refractivity contribution >= 4 is 18.1 Å². The first-order valence-electron chi connectivity index (χ1n) is 7.80. The summed E-state index contributed by atoms with van der Waals surface area (Å²) in [4.78, 5) is 17.4. The molecule has 6 nitrogen and oxygen atoms in total. The molecule has 25 heavy (non-hydrogen) atoms. The minimum atomic E-state index is -0.303. The summed E-state index contributed by atoms with van der Waals surface area (Å²) in [6, 6.07) is 17.5. The minimum Gasteiger partial charge on any atom is -0.291 e. The number of nitrogens with one attached hydrogen (secondary N) is 2. The van der Waals surface area contributed by atoms with E-state index in [1.54, 1.807) is 4.57 Å². The Bertz CT molecular complexity index is 918. The molecule has 1 heterocycles. The van der Waals surface area contributed by atoms with E-state index in [4.69, 9.17) is 17.1 Å². The largest absolute Gasteiger partial charge is 0.291 e. The summed E-state index contributed by atoms with van der Waals surface area (Å²) >= 11 is 5.24. The molecule has 7 heteroatoms. The van der Waals surface area contributed by atoms with Crippen LogP contribution in [0, 0.1) is 11.7 Å². The van der Waals surface area contributed by atoms with Gasteiger partial charge in [-0.2, -0.15) is 5.10 Å². The molecule has 0 saturated carbocycles. The maximum Gasteiger partial charge on any atom is 0.263 e. The van der Waals surface area contributed by atoms with Crippen LogP contribution in [0.1, 0.15) is 11.1 Å². The van der Waals surface area contributed by atoms with E-state index in [1.807, 2.05) is 61.5 Å². The van der Waals surface area contributed by atoms with Crippen molar-refractivity contribution in [3.63, 3.8) is 0 Å². The molecule has 0 aliphatic rings. The first-order valence-corrected chi connectivity index (χ1v) is 8.21.